The third-order valence-corrected chi connectivity index (χ3v) is 13.0. The molecule has 0 aliphatic heterocycles. The van der Waals surface area contributed by atoms with Gasteiger partial charge in [0.15, 0.2) is 0 Å². The standard InChI is InChI=1S/C23H15Cl2N3OS.C23H15Cl2N3S/c1-30(29)22-16(9-6-10-17(22)24)18-13-21(27-23(25)26-18)28-19-11-4-2-7-14(19)15-8-3-5-12-20(15)28;1-29-22-16(9-6-10-17(22)24)18-13-21(27-23(25)26-18)28-19-11-4-2-7-14(19)15-8-3-5-12-20(15)28/h2-13H,1H3;2-13H,1H3. The highest BCUT2D eigenvalue weighted by atomic mass is 35.5. The van der Waals surface area contributed by atoms with E-state index in [-0.39, 0.29) is 10.6 Å². The highest BCUT2D eigenvalue weighted by molar-refractivity contribution is 7.98. The summed E-state index contributed by atoms with van der Waals surface area (Å²) >= 11 is 27.1. The van der Waals surface area contributed by atoms with Gasteiger partial charge in [-0.2, -0.15) is 9.97 Å². The fraction of sp³-hybridized carbons (Fsp3) is 0.0435. The van der Waals surface area contributed by atoms with Crippen molar-refractivity contribution >= 4 is 113 Å². The Bertz CT molecular complexity index is 3170. The van der Waals surface area contributed by atoms with Gasteiger partial charge in [0.25, 0.3) is 0 Å². The van der Waals surface area contributed by atoms with Crippen molar-refractivity contribution in [2.24, 2.45) is 0 Å². The molecular formula is C46H30Cl4N6OS2. The van der Waals surface area contributed by atoms with E-state index in [2.05, 4.69) is 77.6 Å². The Hall–Kier alpha value is -5.26. The van der Waals surface area contributed by atoms with E-state index in [9.17, 15) is 4.21 Å². The lowest BCUT2D eigenvalue weighted by atomic mass is 10.1. The summed E-state index contributed by atoms with van der Waals surface area (Å²) in [5.74, 6) is 1.36. The molecule has 0 aliphatic carbocycles. The second-order valence-electron chi connectivity index (χ2n) is 13.4. The van der Waals surface area contributed by atoms with Crippen LogP contribution < -0.4 is 0 Å². The number of para-hydroxylation sites is 4. The highest BCUT2D eigenvalue weighted by Gasteiger charge is 2.19. The molecule has 7 nitrogen and oxygen atoms in total. The highest BCUT2D eigenvalue weighted by Crippen LogP contribution is 2.38. The molecule has 0 saturated heterocycles. The number of nitrogens with zero attached hydrogens (tertiary/aromatic N) is 6. The van der Waals surface area contributed by atoms with Crippen molar-refractivity contribution in [3.05, 3.63) is 166 Å². The molecule has 0 aliphatic rings. The first-order valence-electron chi connectivity index (χ1n) is 18.2. The van der Waals surface area contributed by atoms with Crippen LogP contribution in [0.1, 0.15) is 0 Å². The van der Waals surface area contributed by atoms with E-state index in [0.29, 0.717) is 32.0 Å². The number of thioether (sulfide) groups is 1. The lowest BCUT2D eigenvalue weighted by Gasteiger charge is -2.12. The van der Waals surface area contributed by atoms with E-state index in [1.807, 2.05) is 97.3 Å². The Morgan fingerprint density at radius 3 is 1.31 bits per heavy atom. The molecule has 10 aromatic rings. The van der Waals surface area contributed by atoms with Gasteiger partial charge in [0, 0.05) is 56.0 Å². The van der Waals surface area contributed by atoms with Gasteiger partial charge in [0.2, 0.25) is 10.6 Å². The number of halogens is 4. The van der Waals surface area contributed by atoms with Gasteiger partial charge >= 0.3 is 0 Å². The van der Waals surface area contributed by atoms with Crippen LogP contribution >= 0.6 is 58.2 Å². The minimum Gasteiger partial charge on any atom is -0.294 e. The molecule has 10 rings (SSSR count). The molecule has 4 heterocycles. The average Bonchev–Trinajstić information content (AvgIpc) is 3.76. The molecule has 0 radical (unpaired) electrons. The molecule has 290 valence electrons. The van der Waals surface area contributed by atoms with Gasteiger partial charge in [0.05, 0.1) is 59.2 Å². The Kier molecular flexibility index (Phi) is 10.9. The topological polar surface area (TPSA) is 78.5 Å². The summed E-state index contributed by atoms with van der Waals surface area (Å²) in [5.41, 5.74) is 7.12. The van der Waals surface area contributed by atoms with E-state index < -0.39 is 10.8 Å². The summed E-state index contributed by atoms with van der Waals surface area (Å²) in [5, 5.41) is 6.04. The molecular weight excluding hydrogens is 858 g/mol. The van der Waals surface area contributed by atoms with Crippen molar-refractivity contribution in [2.75, 3.05) is 12.5 Å². The molecule has 0 saturated carbocycles. The van der Waals surface area contributed by atoms with E-state index in [1.165, 1.54) is 10.8 Å². The van der Waals surface area contributed by atoms with Crippen molar-refractivity contribution in [1.82, 2.24) is 29.1 Å². The van der Waals surface area contributed by atoms with Crippen LogP contribution in [0.5, 0.6) is 0 Å². The number of fused-ring (bicyclic) bond motifs is 6. The second kappa shape index (κ2) is 16.4. The van der Waals surface area contributed by atoms with Crippen LogP contribution in [-0.4, -0.2) is 45.8 Å². The second-order valence-corrected chi connectivity index (χ2v) is 17.0. The van der Waals surface area contributed by atoms with Gasteiger partial charge in [0.1, 0.15) is 11.6 Å². The predicted octanol–water partition coefficient (Wildman–Crippen LogP) is 13.6. The number of benzene rings is 6. The van der Waals surface area contributed by atoms with Gasteiger partial charge in [-0.1, -0.05) is 120 Å². The zero-order valence-electron chi connectivity index (χ0n) is 31.3. The molecule has 0 spiro atoms. The van der Waals surface area contributed by atoms with Crippen molar-refractivity contribution < 1.29 is 4.21 Å². The smallest absolute Gasteiger partial charge is 0.224 e. The molecule has 6 aromatic carbocycles. The third-order valence-electron chi connectivity index (χ3n) is 9.97. The molecule has 0 amide bonds. The molecule has 1 unspecified atom stereocenters. The van der Waals surface area contributed by atoms with Gasteiger partial charge in [-0.15, -0.1) is 11.8 Å². The summed E-state index contributed by atoms with van der Waals surface area (Å²) in [6.45, 7) is 0. The molecule has 0 bridgehead atoms. The van der Waals surface area contributed by atoms with Crippen LogP contribution in [0.15, 0.2) is 155 Å². The maximum atomic E-state index is 12.4. The van der Waals surface area contributed by atoms with Gasteiger partial charge in [-0.05, 0) is 65.9 Å². The maximum absolute atomic E-state index is 12.4. The zero-order valence-corrected chi connectivity index (χ0v) is 35.9. The summed E-state index contributed by atoms with van der Waals surface area (Å²) in [6.07, 6.45) is 3.60. The van der Waals surface area contributed by atoms with E-state index in [4.69, 9.17) is 46.4 Å². The maximum Gasteiger partial charge on any atom is 0.224 e. The van der Waals surface area contributed by atoms with Crippen molar-refractivity contribution in [3.63, 3.8) is 0 Å². The van der Waals surface area contributed by atoms with Crippen LogP contribution in [0, 0.1) is 0 Å². The van der Waals surface area contributed by atoms with Gasteiger partial charge < -0.3 is 0 Å². The van der Waals surface area contributed by atoms with Crippen LogP contribution in [0.3, 0.4) is 0 Å². The molecule has 13 heteroatoms. The lowest BCUT2D eigenvalue weighted by Crippen LogP contribution is -2.02. The van der Waals surface area contributed by atoms with Crippen molar-refractivity contribution in [1.29, 1.82) is 0 Å². The summed E-state index contributed by atoms with van der Waals surface area (Å²) in [6, 6.07) is 47.9. The molecule has 59 heavy (non-hydrogen) atoms. The first-order valence-corrected chi connectivity index (χ1v) is 22.5. The average molecular weight is 889 g/mol. The third kappa shape index (κ3) is 7.26. The van der Waals surface area contributed by atoms with Crippen LogP contribution in [0.4, 0.5) is 0 Å². The predicted molar refractivity (Wildman–Crippen MR) is 248 cm³/mol. The first-order chi connectivity index (χ1) is 28.7. The quantitative estimate of drug-likeness (QED) is 0.122. The van der Waals surface area contributed by atoms with Crippen molar-refractivity contribution in [2.45, 2.75) is 9.79 Å². The lowest BCUT2D eigenvalue weighted by molar-refractivity contribution is 0.687. The summed E-state index contributed by atoms with van der Waals surface area (Å²) in [4.78, 5) is 19.5. The Morgan fingerprint density at radius 2 is 0.881 bits per heavy atom. The fourth-order valence-corrected chi connectivity index (χ4v) is 10.3. The van der Waals surface area contributed by atoms with Gasteiger partial charge in [-0.3, -0.25) is 13.3 Å². The molecule has 4 aromatic heterocycles. The SMILES string of the molecule is CS(=O)c1c(Cl)cccc1-c1cc(-n2c3ccccc3c3ccccc32)nc(Cl)n1.CSc1c(Cl)cccc1-c1cc(-n2c3ccccc3c3ccccc32)nc(Cl)n1. The number of hydrogen-bond donors (Lipinski definition) is 0. The van der Waals surface area contributed by atoms with Crippen LogP contribution in [-0.2, 0) is 10.8 Å². The largest absolute Gasteiger partial charge is 0.294 e. The van der Waals surface area contributed by atoms with Gasteiger partial charge in [-0.25, -0.2) is 9.97 Å². The van der Waals surface area contributed by atoms with Crippen LogP contribution in [0.2, 0.25) is 20.6 Å². The molecule has 1 atom stereocenters. The Labute approximate surface area is 366 Å². The minimum absolute atomic E-state index is 0.108. The number of hydrogen-bond acceptors (Lipinski definition) is 6. The summed E-state index contributed by atoms with van der Waals surface area (Å²) in [7, 11) is -1.29. The zero-order chi connectivity index (χ0) is 40.8. The van der Waals surface area contributed by atoms with Crippen LogP contribution in [0.25, 0.3) is 77.8 Å². The monoisotopic (exact) mass is 886 g/mol. The molecule has 0 N–H and O–H groups in total. The number of rotatable bonds is 6. The van der Waals surface area contributed by atoms with E-state index in [1.54, 1.807) is 24.1 Å². The minimum atomic E-state index is -1.29. The normalized spacial score (nSPS) is 12.0. The van der Waals surface area contributed by atoms with E-state index >= 15 is 0 Å². The van der Waals surface area contributed by atoms with Crippen molar-refractivity contribution in [3.8, 4) is 34.2 Å². The van der Waals surface area contributed by atoms with E-state index in [0.717, 1.165) is 54.8 Å². The Balaban J connectivity index is 0.000000152. The number of aromatic nitrogens is 6. The summed E-state index contributed by atoms with van der Waals surface area (Å²) < 4.78 is 16.5. The Morgan fingerprint density at radius 1 is 0.492 bits per heavy atom. The molecule has 0 fully saturated rings. The fourth-order valence-electron chi connectivity index (χ4n) is 7.58. The first kappa shape index (κ1) is 39.2.